The molecule has 2 aliphatic rings. The molecule has 4 aromatic rings. The van der Waals surface area contributed by atoms with Gasteiger partial charge in [0.05, 0.1) is 27.5 Å². The minimum Gasteiger partial charge on any atom is -0.357 e. The molecule has 2 atom stereocenters. The number of nitrogens with zero attached hydrogens (tertiary/aromatic N) is 1. The zero-order valence-electron chi connectivity index (χ0n) is 21.2. The molecule has 0 unspecified atom stereocenters. The summed E-state index contributed by atoms with van der Waals surface area (Å²) in [6.07, 6.45) is 0.691. The number of benzene rings is 4. The molecule has 200 valence electrons. The topological polar surface area (TPSA) is 61.4 Å². The van der Waals surface area contributed by atoms with Crippen LogP contribution in [-0.2, 0) is 4.79 Å². The Labute approximate surface area is 241 Å². The van der Waals surface area contributed by atoms with Gasteiger partial charge >= 0.3 is 6.03 Å². The Morgan fingerprint density at radius 1 is 0.850 bits per heavy atom. The van der Waals surface area contributed by atoms with Gasteiger partial charge < -0.3 is 10.6 Å². The number of halogens is 3. The van der Waals surface area contributed by atoms with Crippen LogP contribution in [0.3, 0.4) is 0 Å². The molecule has 4 aromatic carbocycles. The second-order valence-electron chi connectivity index (χ2n) is 9.86. The maximum Gasteiger partial charge on any atom is 0.327 e. The molecule has 0 radical (unpaired) electrons. The van der Waals surface area contributed by atoms with Crippen molar-refractivity contribution in [2.24, 2.45) is 0 Å². The van der Waals surface area contributed by atoms with Gasteiger partial charge in [0.1, 0.15) is 5.82 Å². The number of hydrogen-bond acceptors (Lipinski definition) is 3. The third kappa shape index (κ3) is 4.96. The van der Waals surface area contributed by atoms with Gasteiger partial charge in [-0.1, -0.05) is 77.8 Å². The molecule has 0 saturated heterocycles. The highest BCUT2D eigenvalue weighted by molar-refractivity contribution is 6.42. The lowest BCUT2D eigenvalue weighted by Gasteiger charge is -2.35. The fraction of sp³-hybridized carbons (Fsp3) is 0.125. The van der Waals surface area contributed by atoms with Crippen LogP contribution in [0.2, 0.25) is 10.0 Å². The summed E-state index contributed by atoms with van der Waals surface area (Å²) in [5.41, 5.74) is 4.55. The van der Waals surface area contributed by atoms with E-state index in [-0.39, 0.29) is 23.9 Å². The fourth-order valence-corrected chi connectivity index (χ4v) is 5.82. The molecular weight excluding hydrogens is 548 g/mol. The van der Waals surface area contributed by atoms with Crippen molar-refractivity contribution in [3.8, 4) is 0 Å². The van der Waals surface area contributed by atoms with Gasteiger partial charge in [0, 0.05) is 23.4 Å². The van der Waals surface area contributed by atoms with Crippen LogP contribution in [0.5, 0.6) is 0 Å². The lowest BCUT2D eigenvalue weighted by molar-refractivity contribution is -0.116. The number of Topliss-reactive ketones (excluding diaryl/α,β-unsaturated/α-hetero) is 1. The summed E-state index contributed by atoms with van der Waals surface area (Å²) < 4.78 is 14.1. The van der Waals surface area contributed by atoms with Crippen LogP contribution in [0.15, 0.2) is 108 Å². The molecule has 1 aliphatic carbocycles. The van der Waals surface area contributed by atoms with Crippen molar-refractivity contribution < 1.29 is 14.0 Å². The van der Waals surface area contributed by atoms with Gasteiger partial charge in [-0.05, 0) is 65.9 Å². The molecule has 0 aromatic heterocycles. The lowest BCUT2D eigenvalue weighted by Crippen LogP contribution is -2.41. The first-order chi connectivity index (χ1) is 19.4. The standard InChI is InChI=1S/C32H24Cl2FN3O2/c33-24-14-13-23(18-25(24)34)36-32(40)38-28-12-5-4-11-26(28)37-27-16-21(20-9-6-10-22(35)15-20)17-29(39)30(27)31(38)19-7-2-1-3-8-19/h1-15,18,21,31,37H,16-17H2,(H,36,40)/t21-,31-/m0/s1. The molecule has 6 rings (SSSR count). The molecular formula is C32H24Cl2FN3O2. The molecule has 5 nitrogen and oxygen atoms in total. The van der Waals surface area contributed by atoms with E-state index in [9.17, 15) is 14.0 Å². The fourth-order valence-electron chi connectivity index (χ4n) is 5.52. The smallest absolute Gasteiger partial charge is 0.327 e. The van der Waals surface area contributed by atoms with E-state index in [0.717, 1.165) is 16.8 Å². The van der Waals surface area contributed by atoms with E-state index in [4.69, 9.17) is 23.2 Å². The number of allylic oxidation sites excluding steroid dienone is 1. The minimum absolute atomic E-state index is 0.1000. The Balaban J connectivity index is 1.49. The summed E-state index contributed by atoms with van der Waals surface area (Å²) in [6, 6.07) is 27.1. The third-order valence-electron chi connectivity index (χ3n) is 7.31. The maximum absolute atomic E-state index is 14.1. The zero-order valence-corrected chi connectivity index (χ0v) is 22.7. The van der Waals surface area contributed by atoms with Crippen LogP contribution in [0.1, 0.15) is 35.9 Å². The first-order valence-electron chi connectivity index (χ1n) is 12.9. The number of carbonyl (C=O) groups is 2. The van der Waals surface area contributed by atoms with Crippen LogP contribution in [0.25, 0.3) is 0 Å². The second-order valence-corrected chi connectivity index (χ2v) is 10.7. The summed E-state index contributed by atoms with van der Waals surface area (Å²) in [6.45, 7) is 0. The summed E-state index contributed by atoms with van der Waals surface area (Å²) in [4.78, 5) is 29.7. The quantitative estimate of drug-likeness (QED) is 0.258. The van der Waals surface area contributed by atoms with Crippen LogP contribution in [0.4, 0.5) is 26.2 Å². The second kappa shape index (κ2) is 10.8. The summed E-state index contributed by atoms with van der Waals surface area (Å²) >= 11 is 12.3. The van der Waals surface area contributed by atoms with Gasteiger partial charge in [-0.2, -0.15) is 0 Å². The van der Waals surface area contributed by atoms with Crippen molar-refractivity contribution >= 4 is 52.1 Å². The Morgan fingerprint density at radius 2 is 1.60 bits per heavy atom. The van der Waals surface area contributed by atoms with E-state index in [2.05, 4.69) is 10.6 Å². The number of ketones is 1. The summed E-state index contributed by atoms with van der Waals surface area (Å²) in [5, 5.41) is 7.11. The predicted octanol–water partition coefficient (Wildman–Crippen LogP) is 8.74. The Bertz CT molecular complexity index is 1660. The van der Waals surface area contributed by atoms with Crippen LogP contribution in [0, 0.1) is 5.82 Å². The molecule has 2 N–H and O–H groups in total. The van der Waals surface area contributed by atoms with Gasteiger partial charge in [-0.3, -0.25) is 9.69 Å². The number of amides is 2. The number of rotatable bonds is 3. The van der Waals surface area contributed by atoms with Crippen molar-refractivity contribution in [1.82, 2.24) is 0 Å². The van der Waals surface area contributed by atoms with E-state index >= 15 is 0 Å². The van der Waals surface area contributed by atoms with E-state index in [1.165, 1.54) is 12.1 Å². The number of urea groups is 1. The highest BCUT2D eigenvalue weighted by Gasteiger charge is 2.41. The van der Waals surface area contributed by atoms with Crippen molar-refractivity contribution in [1.29, 1.82) is 0 Å². The lowest BCUT2D eigenvalue weighted by atomic mass is 9.78. The minimum atomic E-state index is -0.712. The summed E-state index contributed by atoms with van der Waals surface area (Å²) in [5.74, 6) is -0.636. The van der Waals surface area contributed by atoms with Gasteiger partial charge in [-0.15, -0.1) is 0 Å². The number of para-hydroxylation sites is 2. The molecule has 40 heavy (non-hydrogen) atoms. The highest BCUT2D eigenvalue weighted by Crippen LogP contribution is 2.47. The Kier molecular flexibility index (Phi) is 7.05. The molecule has 1 heterocycles. The molecule has 0 spiro atoms. The van der Waals surface area contributed by atoms with Crippen molar-refractivity contribution in [2.45, 2.75) is 24.8 Å². The average Bonchev–Trinajstić information content (AvgIpc) is 3.10. The van der Waals surface area contributed by atoms with Gasteiger partial charge in [0.25, 0.3) is 0 Å². The van der Waals surface area contributed by atoms with Crippen molar-refractivity contribution in [3.05, 3.63) is 135 Å². The molecule has 2 amide bonds. The number of nitrogens with one attached hydrogen (secondary N) is 2. The van der Waals surface area contributed by atoms with Crippen molar-refractivity contribution in [2.75, 3.05) is 15.5 Å². The SMILES string of the molecule is O=C1C[C@@H](c2cccc(F)c2)CC2=C1[C@H](c1ccccc1)N(C(=O)Nc1ccc(Cl)c(Cl)c1)c1ccccc1N2. The van der Waals surface area contributed by atoms with Gasteiger partial charge in [-0.25, -0.2) is 9.18 Å². The van der Waals surface area contributed by atoms with E-state index in [1.54, 1.807) is 29.2 Å². The first kappa shape index (κ1) is 26.1. The van der Waals surface area contributed by atoms with E-state index in [0.29, 0.717) is 39.1 Å². The third-order valence-corrected chi connectivity index (χ3v) is 8.05. The maximum atomic E-state index is 14.1. The molecule has 0 saturated carbocycles. The predicted molar refractivity (Wildman–Crippen MR) is 158 cm³/mol. The molecule has 1 aliphatic heterocycles. The molecule has 8 heteroatoms. The highest BCUT2D eigenvalue weighted by atomic mass is 35.5. The number of carbonyl (C=O) groups excluding carboxylic acids is 2. The molecule has 0 fully saturated rings. The van der Waals surface area contributed by atoms with E-state index < -0.39 is 12.1 Å². The zero-order chi connectivity index (χ0) is 27.8. The van der Waals surface area contributed by atoms with E-state index in [1.807, 2.05) is 60.7 Å². The van der Waals surface area contributed by atoms with Crippen molar-refractivity contribution in [3.63, 3.8) is 0 Å². The first-order valence-corrected chi connectivity index (χ1v) is 13.6. The van der Waals surface area contributed by atoms with Gasteiger partial charge in [0.2, 0.25) is 0 Å². The molecule has 0 bridgehead atoms. The largest absolute Gasteiger partial charge is 0.357 e. The monoisotopic (exact) mass is 571 g/mol. The number of anilines is 3. The Morgan fingerprint density at radius 3 is 2.38 bits per heavy atom. The Hall–Kier alpha value is -4.13. The van der Waals surface area contributed by atoms with Crippen LogP contribution < -0.4 is 15.5 Å². The van der Waals surface area contributed by atoms with Gasteiger partial charge in [0.15, 0.2) is 5.78 Å². The van der Waals surface area contributed by atoms with Crippen LogP contribution in [-0.4, -0.2) is 11.8 Å². The van der Waals surface area contributed by atoms with Crippen LogP contribution >= 0.6 is 23.2 Å². The average molecular weight is 572 g/mol. The number of fused-ring (bicyclic) bond motifs is 1. The number of hydrogen-bond donors (Lipinski definition) is 2. The summed E-state index contributed by atoms with van der Waals surface area (Å²) in [7, 11) is 0. The normalized spacial score (nSPS) is 18.4.